The molecule has 0 amide bonds. The molecular weight excluding hydrogens is 316 g/mol. The van der Waals surface area contributed by atoms with E-state index in [0.717, 1.165) is 41.9 Å². The van der Waals surface area contributed by atoms with E-state index < -0.39 is 0 Å². The summed E-state index contributed by atoms with van der Waals surface area (Å²) in [6.45, 7) is 6.26. The van der Waals surface area contributed by atoms with Gasteiger partial charge in [0.05, 0.1) is 14.2 Å². The number of methoxy groups -OCH3 is 2. The van der Waals surface area contributed by atoms with Crippen molar-refractivity contribution in [3.8, 4) is 23.0 Å². The summed E-state index contributed by atoms with van der Waals surface area (Å²) >= 11 is 0. The Morgan fingerprint density at radius 3 is 2.32 bits per heavy atom. The average molecular weight is 344 g/mol. The number of aryl methyl sites for hydroxylation is 2. The molecule has 136 valence electrons. The van der Waals surface area contributed by atoms with Crippen molar-refractivity contribution in [2.45, 2.75) is 46.1 Å². The van der Waals surface area contributed by atoms with E-state index in [1.165, 1.54) is 12.7 Å². The first-order valence-corrected chi connectivity index (χ1v) is 8.77. The number of rotatable bonds is 8. The van der Waals surface area contributed by atoms with Crippen molar-refractivity contribution in [3.63, 3.8) is 0 Å². The molecule has 2 aromatic rings. The van der Waals surface area contributed by atoms with Crippen LogP contribution in [-0.2, 0) is 12.8 Å². The van der Waals surface area contributed by atoms with Crippen LogP contribution in [0, 0.1) is 0 Å². The van der Waals surface area contributed by atoms with Crippen LogP contribution in [0.3, 0.4) is 0 Å². The van der Waals surface area contributed by atoms with Gasteiger partial charge in [-0.3, -0.25) is 0 Å². The lowest BCUT2D eigenvalue weighted by atomic mass is 10.0. The molecule has 0 bridgehead atoms. The van der Waals surface area contributed by atoms with Crippen LogP contribution in [0.5, 0.6) is 23.0 Å². The fourth-order valence-electron chi connectivity index (χ4n) is 2.90. The zero-order valence-electron chi connectivity index (χ0n) is 15.8. The van der Waals surface area contributed by atoms with Crippen molar-refractivity contribution in [3.05, 3.63) is 47.0 Å². The topological polar surface area (TPSA) is 47.9 Å². The first-order valence-electron chi connectivity index (χ1n) is 8.77. The second kappa shape index (κ2) is 8.65. The molecule has 0 spiro atoms. The number of hydrogen-bond donors (Lipinski definition) is 1. The highest BCUT2D eigenvalue weighted by molar-refractivity contribution is 5.50. The van der Waals surface area contributed by atoms with E-state index in [4.69, 9.17) is 14.2 Å². The highest BCUT2D eigenvalue weighted by Crippen LogP contribution is 2.38. The molecule has 1 N–H and O–H groups in total. The molecule has 2 aromatic carbocycles. The van der Waals surface area contributed by atoms with Crippen molar-refractivity contribution < 1.29 is 19.3 Å². The van der Waals surface area contributed by atoms with Gasteiger partial charge < -0.3 is 19.3 Å². The normalized spacial score (nSPS) is 11.9. The molecular formula is C21H28O4. The summed E-state index contributed by atoms with van der Waals surface area (Å²) in [5.41, 5.74) is 3.33. The third kappa shape index (κ3) is 4.38. The maximum Gasteiger partial charge on any atom is 0.165 e. The molecule has 0 fully saturated rings. The van der Waals surface area contributed by atoms with Gasteiger partial charge in [-0.1, -0.05) is 32.4 Å². The number of benzene rings is 2. The lowest BCUT2D eigenvalue weighted by Crippen LogP contribution is -2.07. The molecule has 0 aliphatic heterocycles. The summed E-state index contributed by atoms with van der Waals surface area (Å²) in [4.78, 5) is 0. The summed E-state index contributed by atoms with van der Waals surface area (Å²) in [6, 6.07) is 9.51. The fraction of sp³-hybridized carbons (Fsp3) is 0.429. The van der Waals surface area contributed by atoms with Crippen LogP contribution in [0.15, 0.2) is 30.3 Å². The Morgan fingerprint density at radius 1 is 1.00 bits per heavy atom. The minimum absolute atomic E-state index is 0.120. The Balaban J connectivity index is 2.34. The van der Waals surface area contributed by atoms with Gasteiger partial charge in [0.15, 0.2) is 23.0 Å². The minimum atomic E-state index is -0.203. The van der Waals surface area contributed by atoms with Gasteiger partial charge in [-0.05, 0) is 54.7 Å². The van der Waals surface area contributed by atoms with Gasteiger partial charge in [-0.15, -0.1) is 0 Å². The molecule has 4 nitrogen and oxygen atoms in total. The van der Waals surface area contributed by atoms with Gasteiger partial charge in [-0.2, -0.15) is 0 Å². The minimum Gasteiger partial charge on any atom is -0.504 e. The number of aromatic hydroxyl groups is 1. The van der Waals surface area contributed by atoms with Gasteiger partial charge in [0, 0.05) is 0 Å². The molecule has 4 heteroatoms. The van der Waals surface area contributed by atoms with Crippen molar-refractivity contribution in [1.29, 1.82) is 0 Å². The zero-order valence-corrected chi connectivity index (χ0v) is 15.8. The molecule has 0 saturated carbocycles. The molecule has 1 atom stereocenters. The Morgan fingerprint density at radius 2 is 1.72 bits per heavy atom. The van der Waals surface area contributed by atoms with Gasteiger partial charge in [0.1, 0.15) is 6.10 Å². The number of hydrogen-bond acceptors (Lipinski definition) is 4. The van der Waals surface area contributed by atoms with Crippen molar-refractivity contribution in [2.75, 3.05) is 14.2 Å². The van der Waals surface area contributed by atoms with E-state index in [2.05, 4.69) is 26.0 Å². The lowest BCUT2D eigenvalue weighted by Gasteiger charge is -2.21. The molecule has 25 heavy (non-hydrogen) atoms. The van der Waals surface area contributed by atoms with E-state index in [9.17, 15) is 5.11 Å². The van der Waals surface area contributed by atoms with E-state index in [0.29, 0.717) is 5.75 Å². The predicted octanol–water partition coefficient (Wildman–Crippen LogP) is 5.06. The third-order valence-corrected chi connectivity index (χ3v) is 4.30. The second-order valence-electron chi connectivity index (χ2n) is 6.08. The summed E-state index contributed by atoms with van der Waals surface area (Å²) in [7, 11) is 3.21. The number of phenolic OH excluding ortho intramolecular Hbond substituents is 1. The van der Waals surface area contributed by atoms with Gasteiger partial charge in [0.2, 0.25) is 0 Å². The van der Waals surface area contributed by atoms with E-state index in [1.807, 2.05) is 13.0 Å². The molecule has 0 aliphatic carbocycles. The molecule has 0 radical (unpaired) electrons. The van der Waals surface area contributed by atoms with Crippen LogP contribution < -0.4 is 14.2 Å². The lowest BCUT2D eigenvalue weighted by molar-refractivity contribution is 0.213. The van der Waals surface area contributed by atoms with Crippen LogP contribution >= 0.6 is 0 Å². The quantitative estimate of drug-likeness (QED) is 0.727. The first kappa shape index (κ1) is 19.0. The highest BCUT2D eigenvalue weighted by atomic mass is 16.5. The molecule has 2 rings (SSSR count). The summed E-state index contributed by atoms with van der Waals surface area (Å²) in [5, 5.41) is 9.77. The molecule has 0 saturated heterocycles. The Labute approximate surface area is 150 Å². The summed E-state index contributed by atoms with van der Waals surface area (Å²) in [6.07, 6.45) is 2.78. The van der Waals surface area contributed by atoms with Crippen molar-refractivity contribution in [2.24, 2.45) is 0 Å². The Hall–Kier alpha value is -2.36. The number of ether oxygens (including phenoxy) is 3. The SMILES string of the molecule is CCCc1cc(CC)c(O[C@@H](C)c2ccc(O)c(OC)c2)c(OC)c1. The molecule has 0 aliphatic rings. The van der Waals surface area contributed by atoms with Crippen LogP contribution in [0.25, 0.3) is 0 Å². The van der Waals surface area contributed by atoms with E-state index in [1.54, 1.807) is 19.2 Å². The van der Waals surface area contributed by atoms with Crippen LogP contribution in [-0.4, -0.2) is 19.3 Å². The third-order valence-electron chi connectivity index (χ3n) is 4.30. The highest BCUT2D eigenvalue weighted by Gasteiger charge is 2.17. The molecule has 0 unspecified atom stereocenters. The van der Waals surface area contributed by atoms with Crippen LogP contribution in [0.1, 0.15) is 50.0 Å². The van der Waals surface area contributed by atoms with Crippen LogP contribution in [0.2, 0.25) is 0 Å². The predicted molar refractivity (Wildman–Crippen MR) is 100 cm³/mol. The number of phenols is 1. The van der Waals surface area contributed by atoms with Gasteiger partial charge >= 0.3 is 0 Å². The van der Waals surface area contributed by atoms with E-state index in [-0.39, 0.29) is 11.9 Å². The fourth-order valence-corrected chi connectivity index (χ4v) is 2.90. The van der Waals surface area contributed by atoms with E-state index >= 15 is 0 Å². The largest absolute Gasteiger partial charge is 0.504 e. The van der Waals surface area contributed by atoms with Gasteiger partial charge in [-0.25, -0.2) is 0 Å². The van der Waals surface area contributed by atoms with Crippen molar-refractivity contribution in [1.82, 2.24) is 0 Å². The standard InChI is InChI=1S/C21H28O4/c1-6-8-15-11-16(7-2)21(20(12-15)24-5)25-14(3)17-9-10-18(22)19(13-17)23-4/h9-14,22H,6-8H2,1-5H3/t14-/m0/s1. The summed E-state index contributed by atoms with van der Waals surface area (Å²) < 4.78 is 17.0. The van der Waals surface area contributed by atoms with Crippen LogP contribution in [0.4, 0.5) is 0 Å². The molecule has 0 heterocycles. The Bertz CT molecular complexity index is 684. The average Bonchev–Trinajstić information content (AvgIpc) is 2.62. The second-order valence-corrected chi connectivity index (χ2v) is 6.08. The van der Waals surface area contributed by atoms with Gasteiger partial charge in [0.25, 0.3) is 0 Å². The van der Waals surface area contributed by atoms with Crippen molar-refractivity contribution >= 4 is 0 Å². The molecule has 0 aromatic heterocycles. The first-order chi connectivity index (χ1) is 12.0. The maximum absolute atomic E-state index is 9.77. The smallest absolute Gasteiger partial charge is 0.165 e. The Kier molecular flexibility index (Phi) is 6.57. The summed E-state index contributed by atoms with van der Waals surface area (Å²) in [5.74, 6) is 2.10. The monoisotopic (exact) mass is 344 g/mol. The maximum atomic E-state index is 9.77. The zero-order chi connectivity index (χ0) is 18.4.